The molecule has 0 saturated carbocycles. The molecule has 0 aromatic heterocycles. The average Bonchev–Trinajstić information content (AvgIpc) is 2.35. The summed E-state index contributed by atoms with van der Waals surface area (Å²) in [5.41, 5.74) is 7.90. The van der Waals surface area contributed by atoms with Crippen molar-refractivity contribution in [2.24, 2.45) is 0 Å². The highest BCUT2D eigenvalue weighted by atomic mass is 16.3. The van der Waals surface area contributed by atoms with E-state index in [4.69, 9.17) is 5.11 Å². The second-order valence-corrected chi connectivity index (χ2v) is 3.67. The van der Waals surface area contributed by atoms with Crippen molar-refractivity contribution < 1.29 is 10.2 Å². The molecule has 0 fully saturated rings. The Kier molecular flexibility index (Phi) is 3.47. The summed E-state index contributed by atoms with van der Waals surface area (Å²) in [7, 11) is 0. The molecule has 17 heavy (non-hydrogen) atoms. The van der Waals surface area contributed by atoms with Crippen LogP contribution in [-0.4, -0.2) is 10.2 Å². The zero-order valence-electron chi connectivity index (χ0n) is 9.22. The monoisotopic (exact) mass is 230 g/mol. The van der Waals surface area contributed by atoms with Crippen molar-refractivity contribution in [2.45, 2.75) is 6.54 Å². The number of hydrogen-bond donors (Lipinski definition) is 4. The van der Waals surface area contributed by atoms with E-state index in [1.807, 2.05) is 30.3 Å². The number of phenols is 2. The molecule has 0 aliphatic carbocycles. The van der Waals surface area contributed by atoms with Gasteiger partial charge in [-0.15, -0.1) is 0 Å². The lowest BCUT2D eigenvalue weighted by Crippen LogP contribution is -2.20. The number of phenolic OH excluding ortho intramolecular Hbond substituents is 2. The van der Waals surface area contributed by atoms with E-state index in [1.54, 1.807) is 6.07 Å². The van der Waals surface area contributed by atoms with Crippen molar-refractivity contribution in [3.05, 3.63) is 54.1 Å². The van der Waals surface area contributed by atoms with Crippen LogP contribution < -0.4 is 10.9 Å². The number of hydrazine groups is 1. The minimum Gasteiger partial charge on any atom is -0.504 e. The van der Waals surface area contributed by atoms with Gasteiger partial charge in [-0.25, -0.2) is 5.43 Å². The lowest BCUT2D eigenvalue weighted by Gasteiger charge is -2.08. The Morgan fingerprint density at radius 3 is 2.35 bits per heavy atom. The summed E-state index contributed by atoms with van der Waals surface area (Å²) in [4.78, 5) is 0. The van der Waals surface area contributed by atoms with E-state index >= 15 is 0 Å². The predicted octanol–water partition coefficient (Wildman–Crippen LogP) is 2.21. The maximum absolute atomic E-state index is 9.32. The number of anilines is 1. The van der Waals surface area contributed by atoms with Gasteiger partial charge in [-0.2, -0.15) is 0 Å². The maximum Gasteiger partial charge on any atom is 0.157 e. The normalized spacial score (nSPS) is 10.1. The van der Waals surface area contributed by atoms with Gasteiger partial charge in [0.2, 0.25) is 0 Å². The van der Waals surface area contributed by atoms with Crippen LogP contribution in [0.2, 0.25) is 0 Å². The van der Waals surface area contributed by atoms with Gasteiger partial charge in [0.15, 0.2) is 11.5 Å². The van der Waals surface area contributed by atoms with Crippen molar-refractivity contribution in [1.29, 1.82) is 0 Å². The fourth-order valence-electron chi connectivity index (χ4n) is 1.45. The summed E-state index contributed by atoms with van der Waals surface area (Å²) in [6.07, 6.45) is 0. The van der Waals surface area contributed by atoms with Crippen LogP contribution in [0, 0.1) is 0 Å². The SMILES string of the molecule is Oc1ccc(CNNc2ccccc2)cc1O. The molecule has 4 N–H and O–H groups in total. The highest BCUT2D eigenvalue weighted by Gasteiger charge is 1.99. The molecule has 2 rings (SSSR count). The van der Waals surface area contributed by atoms with E-state index in [1.165, 1.54) is 12.1 Å². The van der Waals surface area contributed by atoms with Gasteiger partial charge < -0.3 is 15.6 Å². The average molecular weight is 230 g/mol. The first-order valence-corrected chi connectivity index (χ1v) is 5.30. The molecule has 88 valence electrons. The zero-order valence-corrected chi connectivity index (χ0v) is 9.22. The molecule has 0 heterocycles. The summed E-state index contributed by atoms with van der Waals surface area (Å²) in [6.45, 7) is 0.544. The van der Waals surface area contributed by atoms with E-state index in [2.05, 4.69) is 10.9 Å². The van der Waals surface area contributed by atoms with Crippen LogP contribution in [0.4, 0.5) is 5.69 Å². The lowest BCUT2D eigenvalue weighted by atomic mass is 10.2. The van der Waals surface area contributed by atoms with Gasteiger partial charge in [0.1, 0.15) is 0 Å². The molecule has 4 heteroatoms. The molecule has 4 nitrogen and oxygen atoms in total. The van der Waals surface area contributed by atoms with Gasteiger partial charge >= 0.3 is 0 Å². The fraction of sp³-hybridized carbons (Fsp3) is 0.0769. The predicted molar refractivity (Wildman–Crippen MR) is 66.7 cm³/mol. The summed E-state index contributed by atoms with van der Waals surface area (Å²) in [5, 5.41) is 18.5. The summed E-state index contributed by atoms with van der Waals surface area (Å²) in [5.74, 6) is -0.214. The lowest BCUT2D eigenvalue weighted by molar-refractivity contribution is 0.403. The number of para-hydroxylation sites is 1. The minimum atomic E-state index is -0.107. The maximum atomic E-state index is 9.32. The topological polar surface area (TPSA) is 64.5 Å². The van der Waals surface area contributed by atoms with Crippen LogP contribution >= 0.6 is 0 Å². The molecule has 0 saturated heterocycles. The molecule has 0 aliphatic heterocycles. The molecule has 0 amide bonds. The quantitative estimate of drug-likeness (QED) is 0.480. The van der Waals surface area contributed by atoms with Crippen molar-refractivity contribution in [2.75, 3.05) is 5.43 Å². The first-order chi connectivity index (χ1) is 8.25. The Morgan fingerprint density at radius 1 is 0.882 bits per heavy atom. The third-order valence-corrected chi connectivity index (χ3v) is 2.34. The Hall–Kier alpha value is -2.20. The smallest absolute Gasteiger partial charge is 0.157 e. The highest BCUT2D eigenvalue weighted by Crippen LogP contribution is 2.24. The van der Waals surface area contributed by atoms with Crippen LogP contribution in [0.5, 0.6) is 11.5 Å². The number of rotatable bonds is 4. The van der Waals surface area contributed by atoms with E-state index in [-0.39, 0.29) is 11.5 Å². The van der Waals surface area contributed by atoms with Gasteiger partial charge in [-0.05, 0) is 29.8 Å². The Labute approximate surface area is 99.5 Å². The Balaban J connectivity index is 1.88. The number of aromatic hydroxyl groups is 2. The van der Waals surface area contributed by atoms with Crippen LogP contribution in [0.1, 0.15) is 5.56 Å². The first-order valence-electron chi connectivity index (χ1n) is 5.30. The van der Waals surface area contributed by atoms with Crippen LogP contribution in [0.25, 0.3) is 0 Å². The standard InChI is InChI=1S/C13H14N2O2/c16-12-7-6-10(8-13(12)17)9-14-15-11-4-2-1-3-5-11/h1-8,14-17H,9H2. The van der Waals surface area contributed by atoms with Gasteiger partial charge in [-0.3, -0.25) is 0 Å². The third kappa shape index (κ3) is 3.12. The van der Waals surface area contributed by atoms with Crippen LogP contribution in [0.3, 0.4) is 0 Å². The van der Waals surface area contributed by atoms with Crippen molar-refractivity contribution in [1.82, 2.24) is 5.43 Å². The summed E-state index contributed by atoms with van der Waals surface area (Å²) >= 11 is 0. The summed E-state index contributed by atoms with van der Waals surface area (Å²) in [6, 6.07) is 14.5. The number of benzene rings is 2. The van der Waals surface area contributed by atoms with Crippen molar-refractivity contribution >= 4 is 5.69 Å². The minimum absolute atomic E-state index is 0.107. The van der Waals surface area contributed by atoms with Gasteiger partial charge in [0, 0.05) is 12.2 Å². The number of nitrogens with one attached hydrogen (secondary N) is 2. The molecule has 2 aromatic carbocycles. The second kappa shape index (κ2) is 5.23. The Bertz CT molecular complexity index is 486. The third-order valence-electron chi connectivity index (χ3n) is 2.34. The Morgan fingerprint density at radius 2 is 1.65 bits per heavy atom. The first kappa shape index (κ1) is 11.3. The molecule has 0 unspecified atom stereocenters. The van der Waals surface area contributed by atoms with Crippen LogP contribution in [-0.2, 0) is 6.54 Å². The fourth-order valence-corrected chi connectivity index (χ4v) is 1.45. The van der Waals surface area contributed by atoms with E-state index in [0.717, 1.165) is 11.3 Å². The molecule has 0 atom stereocenters. The largest absolute Gasteiger partial charge is 0.504 e. The zero-order chi connectivity index (χ0) is 12.1. The molecular formula is C13H14N2O2. The van der Waals surface area contributed by atoms with Crippen LogP contribution in [0.15, 0.2) is 48.5 Å². The van der Waals surface area contributed by atoms with Gasteiger partial charge in [0.25, 0.3) is 0 Å². The van der Waals surface area contributed by atoms with Gasteiger partial charge in [0.05, 0.1) is 0 Å². The molecule has 0 aliphatic rings. The van der Waals surface area contributed by atoms with Gasteiger partial charge in [-0.1, -0.05) is 24.3 Å². The molecule has 0 spiro atoms. The highest BCUT2D eigenvalue weighted by molar-refractivity contribution is 5.42. The molecule has 0 bridgehead atoms. The molecule has 0 radical (unpaired) electrons. The molecular weight excluding hydrogens is 216 g/mol. The molecule has 2 aromatic rings. The van der Waals surface area contributed by atoms with E-state index in [0.29, 0.717) is 6.54 Å². The van der Waals surface area contributed by atoms with E-state index < -0.39 is 0 Å². The number of hydrogen-bond acceptors (Lipinski definition) is 4. The second-order valence-electron chi connectivity index (χ2n) is 3.67. The van der Waals surface area contributed by atoms with Crippen molar-refractivity contribution in [3.8, 4) is 11.5 Å². The van der Waals surface area contributed by atoms with Crippen molar-refractivity contribution in [3.63, 3.8) is 0 Å². The summed E-state index contributed by atoms with van der Waals surface area (Å²) < 4.78 is 0. The van der Waals surface area contributed by atoms with E-state index in [9.17, 15) is 5.11 Å².